The Kier molecular flexibility index (Phi) is 4.83. The van der Waals surface area contributed by atoms with Gasteiger partial charge in [-0.15, -0.1) is 0 Å². The first kappa shape index (κ1) is 17.7. The van der Waals surface area contributed by atoms with Gasteiger partial charge in [-0.3, -0.25) is 4.98 Å². The van der Waals surface area contributed by atoms with E-state index < -0.39 is 0 Å². The molecule has 0 fully saturated rings. The molecule has 0 N–H and O–H groups in total. The van der Waals surface area contributed by atoms with Crippen molar-refractivity contribution < 1.29 is 9.47 Å². The standard InChI is InChI=1S/C25H21N2O2/c1-2-7-24-19(5-1)8-9-22(27-24)17-28-23-10-11-25-20(15-23)13-18(16-29-25)14-21-6-3-4-12-26-21/h1-13,15,18H,14,16-17H2/t18-/m0/s1. The molecule has 2 aromatic heterocycles. The molecular formula is C25H21N2O2. The van der Waals surface area contributed by atoms with Crippen molar-refractivity contribution in [3.8, 4) is 11.5 Å². The fraction of sp³-hybridized carbons (Fsp3) is 0.160. The highest BCUT2D eigenvalue weighted by molar-refractivity contribution is 5.78. The summed E-state index contributed by atoms with van der Waals surface area (Å²) in [5, 5.41) is 1.13. The second-order valence-electron chi connectivity index (χ2n) is 7.25. The molecule has 0 bridgehead atoms. The van der Waals surface area contributed by atoms with Gasteiger partial charge in [-0.1, -0.05) is 30.3 Å². The SMILES string of the molecule is [CH]1c2cc(OCc3ccc4ccccc4n3)ccc2OC[C@@H]1Cc1ccccn1. The third-order valence-corrected chi connectivity index (χ3v) is 5.09. The smallest absolute Gasteiger partial charge is 0.130 e. The molecule has 0 saturated carbocycles. The van der Waals surface area contributed by atoms with E-state index in [1.807, 2.05) is 60.8 Å². The average molecular weight is 381 g/mol. The van der Waals surface area contributed by atoms with Gasteiger partial charge in [0.2, 0.25) is 0 Å². The van der Waals surface area contributed by atoms with E-state index in [1.165, 1.54) is 0 Å². The predicted octanol–water partition coefficient (Wildman–Crippen LogP) is 5.01. The van der Waals surface area contributed by atoms with Crippen LogP contribution in [0.2, 0.25) is 0 Å². The molecule has 143 valence electrons. The Morgan fingerprint density at radius 1 is 0.931 bits per heavy atom. The van der Waals surface area contributed by atoms with Gasteiger partial charge < -0.3 is 9.47 Å². The number of ether oxygens (including phenoxy) is 2. The summed E-state index contributed by atoms with van der Waals surface area (Å²) in [6, 6.07) is 24.2. The number of rotatable bonds is 5. The molecule has 0 saturated heterocycles. The van der Waals surface area contributed by atoms with Crippen LogP contribution in [-0.2, 0) is 13.0 Å². The lowest BCUT2D eigenvalue weighted by Crippen LogP contribution is -2.21. The van der Waals surface area contributed by atoms with Crippen LogP contribution in [0.25, 0.3) is 10.9 Å². The topological polar surface area (TPSA) is 44.2 Å². The first-order valence-corrected chi connectivity index (χ1v) is 9.82. The summed E-state index contributed by atoms with van der Waals surface area (Å²) in [5.41, 5.74) is 4.05. The van der Waals surface area contributed by atoms with Gasteiger partial charge in [0, 0.05) is 35.2 Å². The van der Waals surface area contributed by atoms with Crippen molar-refractivity contribution in [3.05, 3.63) is 102 Å². The summed E-state index contributed by atoms with van der Waals surface area (Å²) >= 11 is 0. The van der Waals surface area contributed by atoms with Gasteiger partial charge in [0.25, 0.3) is 0 Å². The van der Waals surface area contributed by atoms with Crippen LogP contribution < -0.4 is 9.47 Å². The van der Waals surface area contributed by atoms with Crippen molar-refractivity contribution in [3.63, 3.8) is 0 Å². The Morgan fingerprint density at radius 3 is 2.79 bits per heavy atom. The van der Waals surface area contributed by atoms with E-state index in [4.69, 9.17) is 9.47 Å². The zero-order valence-electron chi connectivity index (χ0n) is 16.0. The van der Waals surface area contributed by atoms with Crippen LogP contribution >= 0.6 is 0 Å². The molecule has 29 heavy (non-hydrogen) atoms. The Morgan fingerprint density at radius 2 is 1.86 bits per heavy atom. The van der Waals surface area contributed by atoms with Crippen LogP contribution in [0.3, 0.4) is 0 Å². The van der Waals surface area contributed by atoms with Crippen molar-refractivity contribution in [2.24, 2.45) is 5.92 Å². The minimum atomic E-state index is 0.301. The van der Waals surface area contributed by atoms with E-state index in [-0.39, 0.29) is 0 Å². The van der Waals surface area contributed by atoms with Crippen molar-refractivity contribution in [2.45, 2.75) is 13.0 Å². The van der Waals surface area contributed by atoms with Gasteiger partial charge in [-0.2, -0.15) is 0 Å². The first-order valence-electron chi connectivity index (χ1n) is 9.82. The molecule has 1 atom stereocenters. The summed E-state index contributed by atoms with van der Waals surface area (Å²) in [6.07, 6.45) is 4.96. The summed E-state index contributed by atoms with van der Waals surface area (Å²) in [6.45, 7) is 1.10. The van der Waals surface area contributed by atoms with Crippen LogP contribution in [0.1, 0.15) is 17.0 Å². The lowest BCUT2D eigenvalue weighted by atomic mass is 9.92. The van der Waals surface area contributed by atoms with Gasteiger partial charge in [0.1, 0.15) is 18.1 Å². The number of nitrogens with zero attached hydrogens (tertiary/aromatic N) is 2. The van der Waals surface area contributed by atoms with Crippen LogP contribution in [0, 0.1) is 12.3 Å². The molecule has 0 amide bonds. The van der Waals surface area contributed by atoms with Gasteiger partial charge >= 0.3 is 0 Å². The maximum atomic E-state index is 6.01. The first-order chi connectivity index (χ1) is 14.3. The Bertz CT molecular complexity index is 1130. The molecule has 1 aliphatic heterocycles. The predicted molar refractivity (Wildman–Crippen MR) is 113 cm³/mol. The number of benzene rings is 2. The molecule has 0 aliphatic carbocycles. The average Bonchev–Trinajstić information content (AvgIpc) is 2.78. The quantitative estimate of drug-likeness (QED) is 0.487. The number of hydrogen-bond donors (Lipinski definition) is 0. The summed E-state index contributed by atoms with van der Waals surface area (Å²) < 4.78 is 12.0. The number of para-hydroxylation sites is 1. The van der Waals surface area contributed by atoms with Crippen LogP contribution in [0.5, 0.6) is 11.5 Å². The highest BCUT2D eigenvalue weighted by Crippen LogP contribution is 2.33. The Balaban J connectivity index is 1.27. The second kappa shape index (κ2) is 7.92. The number of hydrogen-bond acceptors (Lipinski definition) is 4. The van der Waals surface area contributed by atoms with Gasteiger partial charge in [-0.05, 0) is 48.9 Å². The van der Waals surface area contributed by atoms with Crippen LogP contribution in [0.15, 0.2) is 79.0 Å². The van der Waals surface area contributed by atoms with E-state index in [1.54, 1.807) is 0 Å². The summed E-state index contributed by atoms with van der Waals surface area (Å²) in [4.78, 5) is 9.10. The fourth-order valence-corrected chi connectivity index (χ4v) is 3.63. The van der Waals surface area contributed by atoms with Gasteiger partial charge in [0.05, 0.1) is 17.8 Å². The molecular weight excluding hydrogens is 360 g/mol. The maximum absolute atomic E-state index is 6.01. The molecule has 0 spiro atoms. The van der Waals surface area contributed by atoms with Crippen molar-refractivity contribution in [2.75, 3.05) is 6.61 Å². The van der Waals surface area contributed by atoms with E-state index in [0.717, 1.165) is 45.8 Å². The lowest BCUT2D eigenvalue weighted by Gasteiger charge is -2.25. The molecule has 4 nitrogen and oxygen atoms in total. The minimum absolute atomic E-state index is 0.301. The van der Waals surface area contributed by atoms with E-state index in [9.17, 15) is 0 Å². The zero-order chi connectivity index (χ0) is 19.5. The fourth-order valence-electron chi connectivity index (χ4n) is 3.63. The number of pyridine rings is 2. The highest BCUT2D eigenvalue weighted by atomic mass is 16.5. The van der Waals surface area contributed by atoms with E-state index >= 15 is 0 Å². The normalized spacial score (nSPS) is 15.5. The van der Waals surface area contributed by atoms with Crippen LogP contribution in [0.4, 0.5) is 0 Å². The van der Waals surface area contributed by atoms with E-state index in [2.05, 4.69) is 34.6 Å². The van der Waals surface area contributed by atoms with Crippen molar-refractivity contribution in [1.29, 1.82) is 0 Å². The lowest BCUT2D eigenvalue weighted by molar-refractivity contribution is 0.247. The molecule has 0 unspecified atom stereocenters. The van der Waals surface area contributed by atoms with Crippen molar-refractivity contribution in [1.82, 2.24) is 9.97 Å². The van der Waals surface area contributed by atoms with Gasteiger partial charge in [0.15, 0.2) is 0 Å². The second-order valence-corrected chi connectivity index (χ2v) is 7.25. The molecule has 2 aromatic carbocycles. The third kappa shape index (κ3) is 4.06. The minimum Gasteiger partial charge on any atom is -0.493 e. The Hall–Kier alpha value is -3.40. The number of fused-ring (bicyclic) bond motifs is 2. The molecule has 1 aliphatic rings. The van der Waals surface area contributed by atoms with Gasteiger partial charge in [-0.25, -0.2) is 4.98 Å². The molecule has 5 rings (SSSR count). The monoisotopic (exact) mass is 381 g/mol. The summed E-state index contributed by atoms with van der Waals surface area (Å²) in [5.74, 6) is 2.02. The van der Waals surface area contributed by atoms with E-state index in [0.29, 0.717) is 19.1 Å². The Labute approximate surface area is 170 Å². The molecule has 1 radical (unpaired) electrons. The molecule has 3 heterocycles. The highest BCUT2D eigenvalue weighted by Gasteiger charge is 2.21. The molecule has 4 aromatic rings. The maximum Gasteiger partial charge on any atom is 0.130 e. The third-order valence-electron chi connectivity index (χ3n) is 5.09. The molecule has 4 heteroatoms. The number of aromatic nitrogens is 2. The van der Waals surface area contributed by atoms with Crippen molar-refractivity contribution >= 4 is 10.9 Å². The zero-order valence-corrected chi connectivity index (χ0v) is 16.0. The summed E-state index contributed by atoms with van der Waals surface area (Å²) in [7, 11) is 0. The van der Waals surface area contributed by atoms with Crippen LogP contribution in [-0.4, -0.2) is 16.6 Å². The largest absolute Gasteiger partial charge is 0.493 e.